The molecule has 1 heterocycles. The minimum absolute atomic E-state index is 0.102. The number of nitrogens with one attached hydrogen (secondary N) is 1. The Labute approximate surface area is 125 Å². The SMILES string of the molecule is Cc1ccc(Br)cc1C(=O)NC1COCC1(C)C(=O)O. The molecule has 1 aliphatic rings. The maximum absolute atomic E-state index is 12.3. The Hall–Kier alpha value is -1.40. The summed E-state index contributed by atoms with van der Waals surface area (Å²) in [6, 6.07) is 4.87. The van der Waals surface area contributed by atoms with Gasteiger partial charge in [-0.3, -0.25) is 9.59 Å². The molecule has 20 heavy (non-hydrogen) atoms. The van der Waals surface area contributed by atoms with Gasteiger partial charge in [-0.15, -0.1) is 0 Å². The van der Waals surface area contributed by atoms with Crippen molar-refractivity contribution in [3.63, 3.8) is 0 Å². The zero-order valence-electron chi connectivity index (χ0n) is 11.3. The fraction of sp³-hybridized carbons (Fsp3) is 0.429. The third-order valence-corrected chi connectivity index (χ3v) is 4.19. The topological polar surface area (TPSA) is 75.6 Å². The van der Waals surface area contributed by atoms with Crippen molar-refractivity contribution in [2.75, 3.05) is 13.2 Å². The molecular weight excluding hydrogens is 326 g/mol. The molecule has 0 radical (unpaired) electrons. The van der Waals surface area contributed by atoms with Crippen LogP contribution in [0.25, 0.3) is 0 Å². The maximum Gasteiger partial charge on any atom is 0.313 e. The number of hydrogen-bond donors (Lipinski definition) is 2. The van der Waals surface area contributed by atoms with Crippen molar-refractivity contribution in [3.8, 4) is 0 Å². The number of aliphatic carboxylic acids is 1. The Morgan fingerprint density at radius 3 is 2.85 bits per heavy atom. The van der Waals surface area contributed by atoms with Gasteiger partial charge >= 0.3 is 5.97 Å². The van der Waals surface area contributed by atoms with Gasteiger partial charge in [0.2, 0.25) is 0 Å². The van der Waals surface area contributed by atoms with E-state index in [2.05, 4.69) is 21.2 Å². The number of amides is 1. The van der Waals surface area contributed by atoms with Gasteiger partial charge in [-0.1, -0.05) is 22.0 Å². The van der Waals surface area contributed by atoms with Crippen LogP contribution in [0.5, 0.6) is 0 Å². The molecule has 1 amide bonds. The normalized spacial score (nSPS) is 25.4. The van der Waals surface area contributed by atoms with Gasteiger partial charge < -0.3 is 15.2 Å². The van der Waals surface area contributed by atoms with E-state index in [1.54, 1.807) is 13.0 Å². The van der Waals surface area contributed by atoms with E-state index in [1.165, 1.54) is 0 Å². The van der Waals surface area contributed by atoms with Crippen LogP contribution in [0.2, 0.25) is 0 Å². The van der Waals surface area contributed by atoms with Crippen molar-refractivity contribution < 1.29 is 19.4 Å². The van der Waals surface area contributed by atoms with Gasteiger partial charge in [0.05, 0.1) is 19.3 Å². The smallest absolute Gasteiger partial charge is 0.313 e. The lowest BCUT2D eigenvalue weighted by Gasteiger charge is -2.25. The molecule has 108 valence electrons. The lowest BCUT2D eigenvalue weighted by Crippen LogP contribution is -2.49. The van der Waals surface area contributed by atoms with E-state index in [0.717, 1.165) is 10.0 Å². The Balaban J connectivity index is 2.19. The van der Waals surface area contributed by atoms with E-state index in [4.69, 9.17) is 4.74 Å². The van der Waals surface area contributed by atoms with Crippen LogP contribution < -0.4 is 5.32 Å². The summed E-state index contributed by atoms with van der Waals surface area (Å²) in [6.07, 6.45) is 0. The number of carbonyl (C=O) groups excluding carboxylic acids is 1. The largest absolute Gasteiger partial charge is 0.481 e. The second kappa shape index (κ2) is 5.54. The number of carbonyl (C=O) groups is 2. The van der Waals surface area contributed by atoms with Crippen LogP contribution in [0.1, 0.15) is 22.8 Å². The Bertz CT molecular complexity index is 560. The molecule has 5 nitrogen and oxygen atoms in total. The molecule has 2 N–H and O–H groups in total. The second-order valence-corrected chi connectivity index (χ2v) is 6.14. The van der Waals surface area contributed by atoms with Crippen LogP contribution >= 0.6 is 15.9 Å². The number of hydrogen-bond acceptors (Lipinski definition) is 3. The van der Waals surface area contributed by atoms with Crippen molar-refractivity contribution in [3.05, 3.63) is 33.8 Å². The van der Waals surface area contributed by atoms with Crippen molar-refractivity contribution >= 4 is 27.8 Å². The van der Waals surface area contributed by atoms with Crippen molar-refractivity contribution in [1.82, 2.24) is 5.32 Å². The van der Waals surface area contributed by atoms with Gasteiger partial charge in [-0.25, -0.2) is 0 Å². The van der Waals surface area contributed by atoms with E-state index < -0.39 is 17.4 Å². The minimum Gasteiger partial charge on any atom is -0.481 e. The lowest BCUT2D eigenvalue weighted by atomic mass is 9.85. The first kappa shape index (κ1) is 15.0. The van der Waals surface area contributed by atoms with Crippen LogP contribution in [0.15, 0.2) is 22.7 Å². The van der Waals surface area contributed by atoms with Gasteiger partial charge in [-0.2, -0.15) is 0 Å². The monoisotopic (exact) mass is 341 g/mol. The molecular formula is C14H16BrNO4. The number of rotatable bonds is 3. The summed E-state index contributed by atoms with van der Waals surface area (Å²) in [5.74, 6) is -1.25. The number of carboxylic acid groups (broad SMARTS) is 1. The summed E-state index contributed by atoms with van der Waals surface area (Å²) in [4.78, 5) is 23.6. The zero-order chi connectivity index (χ0) is 14.9. The lowest BCUT2D eigenvalue weighted by molar-refractivity contribution is -0.148. The number of benzene rings is 1. The second-order valence-electron chi connectivity index (χ2n) is 5.22. The predicted molar refractivity (Wildman–Crippen MR) is 76.7 cm³/mol. The maximum atomic E-state index is 12.3. The summed E-state index contributed by atoms with van der Waals surface area (Å²) in [7, 11) is 0. The fourth-order valence-electron chi connectivity index (χ4n) is 2.16. The number of carboxylic acids is 1. The third-order valence-electron chi connectivity index (χ3n) is 3.69. The first-order valence-corrected chi connectivity index (χ1v) is 7.02. The number of aryl methyl sites for hydroxylation is 1. The molecule has 0 saturated carbocycles. The standard InChI is InChI=1S/C14H16BrNO4/c1-8-3-4-9(15)5-10(8)12(17)16-11-6-20-7-14(11,2)13(18)19/h3-5,11H,6-7H2,1-2H3,(H,16,17)(H,18,19). The molecule has 0 aromatic heterocycles. The van der Waals surface area contributed by atoms with E-state index in [0.29, 0.717) is 5.56 Å². The molecule has 1 aromatic rings. The Kier molecular flexibility index (Phi) is 4.15. The van der Waals surface area contributed by atoms with Gasteiger partial charge in [0.1, 0.15) is 5.41 Å². The average molecular weight is 342 g/mol. The molecule has 2 atom stereocenters. The van der Waals surface area contributed by atoms with Crippen molar-refractivity contribution in [1.29, 1.82) is 0 Å². The van der Waals surface area contributed by atoms with Crippen LogP contribution in [-0.4, -0.2) is 36.2 Å². The zero-order valence-corrected chi connectivity index (χ0v) is 12.9. The third kappa shape index (κ3) is 2.71. The van der Waals surface area contributed by atoms with Crippen LogP contribution in [0.3, 0.4) is 0 Å². The molecule has 0 bridgehead atoms. The van der Waals surface area contributed by atoms with Gasteiger partial charge in [0.15, 0.2) is 0 Å². The van der Waals surface area contributed by atoms with Crippen molar-refractivity contribution in [2.24, 2.45) is 5.41 Å². The van der Waals surface area contributed by atoms with Crippen LogP contribution in [-0.2, 0) is 9.53 Å². The average Bonchev–Trinajstić information content (AvgIpc) is 2.75. The Morgan fingerprint density at radius 1 is 1.50 bits per heavy atom. The molecule has 2 unspecified atom stereocenters. The highest BCUT2D eigenvalue weighted by molar-refractivity contribution is 9.10. The summed E-state index contributed by atoms with van der Waals surface area (Å²) in [5, 5.41) is 12.1. The quantitative estimate of drug-likeness (QED) is 0.881. The van der Waals surface area contributed by atoms with E-state index in [1.807, 2.05) is 19.1 Å². The molecule has 1 saturated heterocycles. The summed E-state index contributed by atoms with van der Waals surface area (Å²) in [6.45, 7) is 3.73. The van der Waals surface area contributed by atoms with E-state index in [-0.39, 0.29) is 19.1 Å². The molecule has 2 rings (SSSR count). The fourth-order valence-corrected chi connectivity index (χ4v) is 2.52. The molecule has 6 heteroatoms. The molecule has 1 fully saturated rings. The molecule has 1 aliphatic heterocycles. The molecule has 1 aromatic carbocycles. The summed E-state index contributed by atoms with van der Waals surface area (Å²) in [5.41, 5.74) is 0.274. The van der Waals surface area contributed by atoms with Gasteiger partial charge in [0.25, 0.3) is 5.91 Å². The number of halogens is 1. The van der Waals surface area contributed by atoms with Gasteiger partial charge in [0, 0.05) is 10.0 Å². The summed E-state index contributed by atoms with van der Waals surface area (Å²) < 4.78 is 6.02. The van der Waals surface area contributed by atoms with Gasteiger partial charge in [-0.05, 0) is 31.5 Å². The highest BCUT2D eigenvalue weighted by Crippen LogP contribution is 2.29. The van der Waals surface area contributed by atoms with Crippen molar-refractivity contribution in [2.45, 2.75) is 19.9 Å². The molecule has 0 aliphatic carbocycles. The Morgan fingerprint density at radius 2 is 2.20 bits per heavy atom. The minimum atomic E-state index is -1.09. The summed E-state index contributed by atoms with van der Waals surface area (Å²) >= 11 is 3.32. The highest BCUT2D eigenvalue weighted by Gasteiger charge is 2.47. The predicted octanol–water partition coefficient (Wildman–Crippen LogP) is 1.98. The van der Waals surface area contributed by atoms with E-state index >= 15 is 0 Å². The molecule has 0 spiro atoms. The number of ether oxygens (including phenoxy) is 1. The first-order chi connectivity index (χ1) is 9.34. The first-order valence-electron chi connectivity index (χ1n) is 6.23. The van der Waals surface area contributed by atoms with Crippen LogP contribution in [0, 0.1) is 12.3 Å². The van der Waals surface area contributed by atoms with E-state index in [9.17, 15) is 14.7 Å². The van der Waals surface area contributed by atoms with Crippen LogP contribution in [0.4, 0.5) is 0 Å². The highest BCUT2D eigenvalue weighted by atomic mass is 79.9.